The highest BCUT2D eigenvalue weighted by atomic mass is 35.5. The first-order valence-corrected chi connectivity index (χ1v) is 7.63. The van der Waals surface area contributed by atoms with E-state index in [1.165, 1.54) is 19.4 Å². The van der Waals surface area contributed by atoms with Gasteiger partial charge in [0.15, 0.2) is 0 Å². The van der Waals surface area contributed by atoms with Crippen molar-refractivity contribution in [3.63, 3.8) is 0 Å². The summed E-state index contributed by atoms with van der Waals surface area (Å²) >= 11 is 5.86. The highest BCUT2D eigenvalue weighted by molar-refractivity contribution is 6.30. The summed E-state index contributed by atoms with van der Waals surface area (Å²) in [7, 11) is 0. The highest BCUT2D eigenvalue weighted by Gasteiger charge is 2.27. The van der Waals surface area contributed by atoms with Crippen molar-refractivity contribution in [2.24, 2.45) is 5.92 Å². The molecule has 0 saturated carbocycles. The second kappa shape index (κ2) is 6.74. The van der Waals surface area contributed by atoms with Crippen molar-refractivity contribution in [1.29, 1.82) is 0 Å². The number of hydrogen-bond acceptors (Lipinski definition) is 2. The largest absolute Gasteiger partial charge is 0.388 e. The minimum absolute atomic E-state index is 0.384. The smallest absolute Gasteiger partial charge is 0.0802 e. The quantitative estimate of drug-likeness (QED) is 0.885. The van der Waals surface area contributed by atoms with Crippen LogP contribution >= 0.6 is 11.6 Å². The van der Waals surface area contributed by atoms with Crippen LogP contribution in [0.5, 0.6) is 0 Å². The number of halogens is 1. The molecule has 0 radical (unpaired) electrons. The molecule has 1 aliphatic rings. The van der Waals surface area contributed by atoms with E-state index in [0.29, 0.717) is 12.0 Å². The molecular formula is C16H24ClNO. The minimum atomic E-state index is -0.384. The molecule has 2 rings (SSSR count). The Morgan fingerprint density at radius 2 is 2.00 bits per heavy atom. The molecule has 1 aromatic carbocycles. The fourth-order valence-corrected chi connectivity index (χ4v) is 3.15. The van der Waals surface area contributed by atoms with E-state index in [9.17, 15) is 5.11 Å². The molecule has 0 bridgehead atoms. The van der Waals surface area contributed by atoms with Crippen LogP contribution in [0.15, 0.2) is 24.3 Å². The second-order valence-electron chi connectivity index (χ2n) is 5.85. The fraction of sp³-hybridized carbons (Fsp3) is 0.625. The summed E-state index contributed by atoms with van der Waals surface area (Å²) in [5, 5.41) is 10.9. The summed E-state index contributed by atoms with van der Waals surface area (Å²) in [5.41, 5.74) is 0.963. The number of benzene rings is 1. The molecule has 1 fully saturated rings. The van der Waals surface area contributed by atoms with Crippen LogP contribution in [0.4, 0.5) is 0 Å². The molecule has 1 aromatic rings. The molecule has 0 aromatic heterocycles. The highest BCUT2D eigenvalue weighted by Crippen LogP contribution is 2.26. The van der Waals surface area contributed by atoms with Crippen LogP contribution in [-0.2, 0) is 0 Å². The van der Waals surface area contributed by atoms with Crippen LogP contribution in [-0.4, -0.2) is 29.1 Å². The zero-order chi connectivity index (χ0) is 13.8. The summed E-state index contributed by atoms with van der Waals surface area (Å²) in [6, 6.07) is 8.20. The van der Waals surface area contributed by atoms with Crippen molar-refractivity contribution in [3.05, 3.63) is 34.9 Å². The summed E-state index contributed by atoms with van der Waals surface area (Å²) in [4.78, 5) is 2.53. The third-order valence-electron chi connectivity index (χ3n) is 4.13. The van der Waals surface area contributed by atoms with E-state index in [-0.39, 0.29) is 6.10 Å². The molecule has 2 atom stereocenters. The van der Waals surface area contributed by atoms with Gasteiger partial charge in [-0.15, -0.1) is 0 Å². The van der Waals surface area contributed by atoms with Crippen molar-refractivity contribution < 1.29 is 5.11 Å². The monoisotopic (exact) mass is 281 g/mol. The first-order valence-electron chi connectivity index (χ1n) is 7.25. The lowest BCUT2D eigenvalue weighted by molar-refractivity contribution is 0.128. The number of aliphatic hydroxyl groups excluding tert-OH is 1. The van der Waals surface area contributed by atoms with Gasteiger partial charge < -0.3 is 10.0 Å². The Hall–Kier alpha value is -0.570. The van der Waals surface area contributed by atoms with Gasteiger partial charge in [-0.3, -0.25) is 0 Å². The summed E-state index contributed by atoms with van der Waals surface area (Å²) in [5.74, 6) is 0.704. The average molecular weight is 282 g/mol. The Morgan fingerprint density at radius 1 is 1.32 bits per heavy atom. The van der Waals surface area contributed by atoms with Gasteiger partial charge in [-0.2, -0.15) is 0 Å². The Bertz CT molecular complexity index is 390. The molecule has 19 heavy (non-hydrogen) atoms. The normalized spacial score (nSPS) is 22.1. The molecule has 2 unspecified atom stereocenters. The van der Waals surface area contributed by atoms with Crippen molar-refractivity contribution >= 4 is 11.6 Å². The van der Waals surface area contributed by atoms with Crippen LogP contribution in [0.2, 0.25) is 5.02 Å². The topological polar surface area (TPSA) is 23.5 Å². The first kappa shape index (κ1) is 14.8. The Balaban J connectivity index is 1.86. The summed E-state index contributed by atoms with van der Waals surface area (Å²) in [6.45, 7) is 6.74. The van der Waals surface area contributed by atoms with Gasteiger partial charge in [0.1, 0.15) is 0 Å². The van der Waals surface area contributed by atoms with Gasteiger partial charge in [0.05, 0.1) is 6.10 Å². The standard InChI is InChI=1S/C16H24ClNO/c1-12(2)15-4-3-10-18(15)11-9-16(19)13-5-7-14(17)8-6-13/h5-8,12,15-16,19H,3-4,9-11H2,1-2H3. The molecule has 1 N–H and O–H groups in total. The lowest BCUT2D eigenvalue weighted by Gasteiger charge is -2.28. The van der Waals surface area contributed by atoms with Crippen LogP contribution < -0.4 is 0 Å². The van der Waals surface area contributed by atoms with Crippen molar-refractivity contribution in [1.82, 2.24) is 4.90 Å². The number of nitrogens with zero attached hydrogens (tertiary/aromatic N) is 1. The number of rotatable bonds is 5. The van der Waals surface area contributed by atoms with E-state index in [2.05, 4.69) is 18.7 Å². The van der Waals surface area contributed by atoms with Crippen LogP contribution in [0, 0.1) is 5.92 Å². The van der Waals surface area contributed by atoms with Crippen molar-refractivity contribution in [2.75, 3.05) is 13.1 Å². The summed E-state index contributed by atoms with van der Waals surface area (Å²) < 4.78 is 0. The predicted molar refractivity (Wildman–Crippen MR) is 80.5 cm³/mol. The molecule has 0 amide bonds. The Kier molecular flexibility index (Phi) is 5.26. The Morgan fingerprint density at radius 3 is 2.63 bits per heavy atom. The SMILES string of the molecule is CC(C)C1CCCN1CCC(O)c1ccc(Cl)cc1. The molecule has 1 heterocycles. The number of hydrogen-bond donors (Lipinski definition) is 1. The van der Waals surface area contributed by atoms with E-state index in [0.717, 1.165) is 23.6 Å². The number of aliphatic hydroxyl groups is 1. The summed E-state index contributed by atoms with van der Waals surface area (Å²) in [6.07, 6.45) is 3.00. The average Bonchev–Trinajstić information content (AvgIpc) is 2.85. The van der Waals surface area contributed by atoms with Crippen molar-refractivity contribution in [2.45, 2.75) is 45.3 Å². The molecule has 0 aliphatic carbocycles. The van der Waals surface area contributed by atoms with E-state index in [4.69, 9.17) is 11.6 Å². The van der Waals surface area contributed by atoms with E-state index in [1.54, 1.807) is 0 Å². The second-order valence-corrected chi connectivity index (χ2v) is 6.28. The molecule has 3 heteroatoms. The molecular weight excluding hydrogens is 258 g/mol. The molecule has 0 spiro atoms. The fourth-order valence-electron chi connectivity index (χ4n) is 3.02. The minimum Gasteiger partial charge on any atom is -0.388 e. The zero-order valence-electron chi connectivity index (χ0n) is 11.8. The maximum absolute atomic E-state index is 10.2. The van der Waals surface area contributed by atoms with Gasteiger partial charge in [-0.05, 0) is 49.4 Å². The maximum Gasteiger partial charge on any atom is 0.0802 e. The zero-order valence-corrected chi connectivity index (χ0v) is 12.6. The van der Waals surface area contributed by atoms with Gasteiger partial charge >= 0.3 is 0 Å². The van der Waals surface area contributed by atoms with Crippen LogP contribution in [0.1, 0.15) is 44.8 Å². The first-order chi connectivity index (χ1) is 9.08. The number of likely N-dealkylation sites (tertiary alicyclic amines) is 1. The van der Waals surface area contributed by atoms with Gasteiger partial charge in [0.25, 0.3) is 0 Å². The molecule has 2 nitrogen and oxygen atoms in total. The van der Waals surface area contributed by atoms with Crippen LogP contribution in [0.3, 0.4) is 0 Å². The van der Waals surface area contributed by atoms with Gasteiger partial charge in [0.2, 0.25) is 0 Å². The van der Waals surface area contributed by atoms with Gasteiger partial charge in [-0.25, -0.2) is 0 Å². The van der Waals surface area contributed by atoms with Gasteiger partial charge in [-0.1, -0.05) is 37.6 Å². The van der Waals surface area contributed by atoms with E-state index < -0.39 is 0 Å². The third-order valence-corrected chi connectivity index (χ3v) is 4.38. The lowest BCUT2D eigenvalue weighted by atomic mass is 10.0. The molecule has 1 aliphatic heterocycles. The van der Waals surface area contributed by atoms with Gasteiger partial charge in [0, 0.05) is 17.6 Å². The lowest BCUT2D eigenvalue weighted by Crippen LogP contribution is -2.34. The third kappa shape index (κ3) is 3.95. The predicted octanol–water partition coefficient (Wildman–Crippen LogP) is 3.88. The van der Waals surface area contributed by atoms with E-state index in [1.807, 2.05) is 24.3 Å². The van der Waals surface area contributed by atoms with Crippen LogP contribution in [0.25, 0.3) is 0 Å². The molecule has 106 valence electrons. The molecule has 1 saturated heterocycles. The van der Waals surface area contributed by atoms with E-state index >= 15 is 0 Å². The van der Waals surface area contributed by atoms with Crippen molar-refractivity contribution in [3.8, 4) is 0 Å². The maximum atomic E-state index is 10.2. The Labute approximate surface area is 121 Å².